The van der Waals surface area contributed by atoms with E-state index in [-0.39, 0.29) is 16.9 Å². The molecule has 6 nitrogen and oxygen atoms in total. The first kappa shape index (κ1) is 18.3. The summed E-state index contributed by atoms with van der Waals surface area (Å²) in [5, 5.41) is 6.01. The van der Waals surface area contributed by atoms with Gasteiger partial charge in [-0.3, -0.25) is 14.2 Å². The van der Waals surface area contributed by atoms with Crippen molar-refractivity contribution in [2.45, 2.75) is 45.6 Å². The monoisotopic (exact) mass is 370 g/mol. The first-order chi connectivity index (χ1) is 12.3. The van der Waals surface area contributed by atoms with Crippen molar-refractivity contribution in [3.8, 4) is 0 Å². The first-order valence-corrected chi connectivity index (χ1v) is 9.42. The third-order valence-electron chi connectivity index (χ3n) is 4.05. The molecule has 0 bridgehead atoms. The maximum atomic E-state index is 12.4. The number of anilines is 1. The molecule has 1 amide bonds. The number of aryl methyl sites for hydroxylation is 1. The highest BCUT2D eigenvalue weighted by molar-refractivity contribution is 7.13. The number of hydrogen-bond acceptors (Lipinski definition) is 5. The van der Waals surface area contributed by atoms with Crippen LogP contribution in [0.15, 0.2) is 40.8 Å². The Hall–Kier alpha value is -2.54. The zero-order valence-corrected chi connectivity index (χ0v) is 16.0. The van der Waals surface area contributed by atoms with Crippen LogP contribution in [-0.2, 0) is 16.8 Å². The fourth-order valence-corrected chi connectivity index (χ4v) is 3.49. The van der Waals surface area contributed by atoms with Crippen LogP contribution in [0.1, 0.15) is 39.3 Å². The van der Waals surface area contributed by atoms with Crippen LogP contribution in [0.4, 0.5) is 5.13 Å². The summed E-state index contributed by atoms with van der Waals surface area (Å²) in [7, 11) is 0. The third-order valence-corrected chi connectivity index (χ3v) is 4.81. The molecule has 0 atom stereocenters. The standard InChI is InChI=1S/C19H22N4O2S/c1-19(2,3)15-11-26-18(21-15)22-16(24)9-6-10-23-12-20-14-8-5-4-7-13(14)17(23)25/h4-5,7-8,11-12H,6,9-10H2,1-3H3,(H,21,22,24). The summed E-state index contributed by atoms with van der Waals surface area (Å²) in [5.41, 5.74) is 1.53. The van der Waals surface area contributed by atoms with Gasteiger partial charge in [0.2, 0.25) is 5.91 Å². The van der Waals surface area contributed by atoms with E-state index in [4.69, 9.17) is 0 Å². The third kappa shape index (κ3) is 4.16. The molecule has 0 radical (unpaired) electrons. The quantitative estimate of drug-likeness (QED) is 0.745. The summed E-state index contributed by atoms with van der Waals surface area (Å²) in [5.74, 6) is -0.0957. The Balaban J connectivity index is 1.56. The topological polar surface area (TPSA) is 76.9 Å². The minimum absolute atomic E-state index is 0.0380. The smallest absolute Gasteiger partial charge is 0.261 e. The zero-order chi connectivity index (χ0) is 18.7. The highest BCUT2D eigenvalue weighted by atomic mass is 32.1. The molecular formula is C19H22N4O2S. The van der Waals surface area contributed by atoms with Crippen molar-refractivity contribution in [3.63, 3.8) is 0 Å². The van der Waals surface area contributed by atoms with E-state index in [0.717, 1.165) is 5.69 Å². The molecule has 0 saturated carbocycles. The van der Waals surface area contributed by atoms with Crippen LogP contribution in [0.2, 0.25) is 0 Å². The number of benzene rings is 1. The second kappa shape index (κ2) is 7.37. The van der Waals surface area contributed by atoms with E-state index in [9.17, 15) is 9.59 Å². The van der Waals surface area contributed by atoms with Gasteiger partial charge in [-0.2, -0.15) is 0 Å². The second-order valence-corrected chi connectivity index (χ2v) is 8.06. The Morgan fingerprint density at radius 3 is 2.77 bits per heavy atom. The minimum atomic E-state index is -0.0957. The lowest BCUT2D eigenvalue weighted by Crippen LogP contribution is -2.21. The van der Waals surface area contributed by atoms with Gasteiger partial charge >= 0.3 is 0 Å². The molecule has 0 saturated heterocycles. The maximum absolute atomic E-state index is 12.4. The Morgan fingerprint density at radius 2 is 2.04 bits per heavy atom. The number of para-hydroxylation sites is 1. The number of hydrogen-bond donors (Lipinski definition) is 1. The van der Waals surface area contributed by atoms with Crippen LogP contribution in [0, 0.1) is 0 Å². The van der Waals surface area contributed by atoms with Gasteiger partial charge in [0.1, 0.15) is 0 Å². The molecule has 0 spiro atoms. The summed E-state index contributed by atoms with van der Waals surface area (Å²) >= 11 is 1.43. The van der Waals surface area contributed by atoms with Crippen molar-refractivity contribution in [2.75, 3.05) is 5.32 Å². The zero-order valence-electron chi connectivity index (χ0n) is 15.2. The minimum Gasteiger partial charge on any atom is -0.302 e. The summed E-state index contributed by atoms with van der Waals surface area (Å²) in [6.07, 6.45) is 2.42. The number of carbonyl (C=O) groups is 1. The Labute approximate surface area is 155 Å². The Kier molecular flexibility index (Phi) is 5.18. The molecule has 0 fully saturated rings. The molecule has 2 heterocycles. The Morgan fingerprint density at radius 1 is 1.27 bits per heavy atom. The lowest BCUT2D eigenvalue weighted by atomic mass is 9.93. The van der Waals surface area contributed by atoms with Crippen LogP contribution < -0.4 is 10.9 Å². The van der Waals surface area contributed by atoms with Crippen LogP contribution in [-0.4, -0.2) is 20.4 Å². The van der Waals surface area contributed by atoms with Gasteiger partial charge in [-0.05, 0) is 18.6 Å². The maximum Gasteiger partial charge on any atom is 0.261 e. The number of thiazole rings is 1. The van der Waals surface area contributed by atoms with E-state index in [1.54, 1.807) is 17.0 Å². The molecule has 1 N–H and O–H groups in total. The molecular weight excluding hydrogens is 348 g/mol. The lowest BCUT2D eigenvalue weighted by molar-refractivity contribution is -0.116. The molecule has 1 aromatic carbocycles. The molecule has 7 heteroatoms. The van der Waals surface area contributed by atoms with Crippen LogP contribution in [0.3, 0.4) is 0 Å². The summed E-state index contributed by atoms with van der Waals surface area (Å²) in [4.78, 5) is 33.3. The van der Waals surface area contributed by atoms with E-state index in [1.165, 1.54) is 11.3 Å². The predicted octanol–water partition coefficient (Wildman–Crippen LogP) is 3.57. The molecule has 136 valence electrons. The Bertz CT molecular complexity index is 985. The van der Waals surface area contributed by atoms with Gasteiger partial charge in [0.25, 0.3) is 5.56 Å². The van der Waals surface area contributed by atoms with Gasteiger partial charge < -0.3 is 5.32 Å². The highest BCUT2D eigenvalue weighted by Gasteiger charge is 2.18. The van der Waals surface area contributed by atoms with Gasteiger partial charge in [0.15, 0.2) is 5.13 Å². The van der Waals surface area contributed by atoms with Gasteiger partial charge in [-0.15, -0.1) is 11.3 Å². The van der Waals surface area contributed by atoms with E-state index < -0.39 is 0 Å². The predicted molar refractivity (Wildman–Crippen MR) is 105 cm³/mol. The van der Waals surface area contributed by atoms with Crippen LogP contribution >= 0.6 is 11.3 Å². The normalized spacial score (nSPS) is 11.7. The van der Waals surface area contributed by atoms with Crippen molar-refractivity contribution in [3.05, 3.63) is 52.0 Å². The summed E-state index contributed by atoms with van der Waals surface area (Å²) < 4.78 is 1.55. The first-order valence-electron chi connectivity index (χ1n) is 8.54. The van der Waals surface area contributed by atoms with Crippen LogP contribution in [0.25, 0.3) is 10.9 Å². The highest BCUT2D eigenvalue weighted by Crippen LogP contribution is 2.26. The number of nitrogens with zero attached hydrogens (tertiary/aromatic N) is 3. The molecule has 0 aliphatic heterocycles. The van der Waals surface area contributed by atoms with Gasteiger partial charge in [0, 0.05) is 23.8 Å². The largest absolute Gasteiger partial charge is 0.302 e. The molecule has 3 aromatic rings. The van der Waals surface area contributed by atoms with Gasteiger partial charge in [-0.25, -0.2) is 9.97 Å². The van der Waals surface area contributed by atoms with Crippen molar-refractivity contribution in [1.82, 2.24) is 14.5 Å². The van der Waals surface area contributed by atoms with E-state index in [2.05, 4.69) is 36.1 Å². The number of rotatable bonds is 5. The number of nitrogens with one attached hydrogen (secondary N) is 1. The van der Waals surface area contributed by atoms with E-state index >= 15 is 0 Å². The summed E-state index contributed by atoms with van der Waals surface area (Å²) in [6, 6.07) is 7.26. The molecule has 26 heavy (non-hydrogen) atoms. The molecule has 0 unspecified atom stereocenters. The molecule has 0 aliphatic rings. The second-order valence-electron chi connectivity index (χ2n) is 7.20. The van der Waals surface area contributed by atoms with Crippen molar-refractivity contribution < 1.29 is 4.79 Å². The fourth-order valence-electron chi connectivity index (χ4n) is 2.53. The summed E-state index contributed by atoms with van der Waals surface area (Å²) in [6.45, 7) is 6.71. The van der Waals surface area contributed by atoms with Crippen molar-refractivity contribution in [1.29, 1.82) is 0 Å². The van der Waals surface area contributed by atoms with E-state index in [1.807, 2.05) is 23.6 Å². The number of carbonyl (C=O) groups excluding carboxylic acids is 1. The number of fused-ring (bicyclic) bond motifs is 1. The fraction of sp³-hybridized carbons (Fsp3) is 0.368. The van der Waals surface area contributed by atoms with Crippen LogP contribution in [0.5, 0.6) is 0 Å². The number of amides is 1. The van der Waals surface area contributed by atoms with Crippen molar-refractivity contribution >= 4 is 33.3 Å². The van der Waals surface area contributed by atoms with Gasteiger partial charge in [0.05, 0.1) is 22.9 Å². The molecule has 3 rings (SSSR count). The SMILES string of the molecule is CC(C)(C)c1csc(NC(=O)CCCn2cnc3ccccc3c2=O)n1. The average Bonchev–Trinajstić information content (AvgIpc) is 3.06. The van der Waals surface area contributed by atoms with Gasteiger partial charge in [-0.1, -0.05) is 32.9 Å². The average molecular weight is 370 g/mol. The lowest BCUT2D eigenvalue weighted by Gasteiger charge is -2.14. The van der Waals surface area contributed by atoms with E-state index in [0.29, 0.717) is 35.4 Å². The number of aromatic nitrogens is 3. The molecule has 2 aromatic heterocycles. The van der Waals surface area contributed by atoms with Crippen molar-refractivity contribution in [2.24, 2.45) is 0 Å². The molecule has 0 aliphatic carbocycles.